The minimum atomic E-state index is -1.48. The van der Waals surface area contributed by atoms with Gasteiger partial charge >= 0.3 is 0 Å². The van der Waals surface area contributed by atoms with Gasteiger partial charge in [-0.3, -0.25) is 0 Å². The zero-order chi connectivity index (χ0) is 14.0. The first kappa shape index (κ1) is 13.6. The zero-order valence-electron chi connectivity index (χ0n) is 10.3. The molecule has 0 radical (unpaired) electrons. The normalized spacial score (nSPS) is 14.2. The molecule has 2 aromatic carbocycles. The molecule has 100 valence electrons. The first-order chi connectivity index (χ1) is 8.90. The van der Waals surface area contributed by atoms with Crippen LogP contribution in [0.25, 0.3) is 0 Å². The summed E-state index contributed by atoms with van der Waals surface area (Å²) < 4.78 is 39.8. The Balaban J connectivity index is 2.33. The minimum absolute atomic E-state index is 0.0502. The molecule has 2 aromatic rings. The second kappa shape index (κ2) is 5.05. The van der Waals surface area contributed by atoms with Crippen LogP contribution in [0.3, 0.4) is 0 Å². The third kappa shape index (κ3) is 2.96. The van der Waals surface area contributed by atoms with Crippen molar-refractivity contribution in [2.75, 3.05) is 0 Å². The predicted molar refractivity (Wildman–Crippen MR) is 66.0 cm³/mol. The molecule has 2 rings (SSSR count). The summed E-state index contributed by atoms with van der Waals surface area (Å²) in [6.07, 6.45) is -0.139. The molecular weight excluding hydrogens is 253 g/mol. The molecule has 19 heavy (non-hydrogen) atoms. The summed E-state index contributed by atoms with van der Waals surface area (Å²) in [7, 11) is 0. The SMILES string of the molecule is CC(O)(Cc1cccc(F)c1F)c1cccc(F)c1. The van der Waals surface area contributed by atoms with Gasteiger partial charge in [-0.25, -0.2) is 13.2 Å². The molecule has 0 aromatic heterocycles. The largest absolute Gasteiger partial charge is 0.385 e. The molecule has 0 spiro atoms. The van der Waals surface area contributed by atoms with Gasteiger partial charge in [0.25, 0.3) is 0 Å². The molecule has 1 unspecified atom stereocenters. The Labute approximate surface area is 109 Å². The lowest BCUT2D eigenvalue weighted by atomic mass is 9.89. The van der Waals surface area contributed by atoms with Crippen LogP contribution in [0.15, 0.2) is 42.5 Å². The van der Waals surface area contributed by atoms with Gasteiger partial charge in [-0.15, -0.1) is 0 Å². The second-order valence-electron chi connectivity index (χ2n) is 4.67. The van der Waals surface area contributed by atoms with Gasteiger partial charge in [-0.05, 0) is 36.2 Å². The first-order valence-electron chi connectivity index (χ1n) is 5.81. The van der Waals surface area contributed by atoms with Gasteiger partial charge in [0.1, 0.15) is 5.82 Å². The van der Waals surface area contributed by atoms with Crippen molar-refractivity contribution in [3.63, 3.8) is 0 Å². The topological polar surface area (TPSA) is 20.2 Å². The summed E-state index contributed by atoms with van der Waals surface area (Å²) >= 11 is 0. The Bertz CT molecular complexity index is 594. The zero-order valence-corrected chi connectivity index (χ0v) is 10.3. The highest BCUT2D eigenvalue weighted by Crippen LogP contribution is 2.27. The van der Waals surface area contributed by atoms with Crippen LogP contribution in [0.4, 0.5) is 13.2 Å². The number of halogens is 3. The number of aliphatic hydroxyl groups is 1. The highest BCUT2D eigenvalue weighted by atomic mass is 19.2. The van der Waals surface area contributed by atoms with Crippen molar-refractivity contribution in [3.8, 4) is 0 Å². The fraction of sp³-hybridized carbons (Fsp3) is 0.200. The van der Waals surface area contributed by atoms with E-state index in [2.05, 4.69) is 0 Å². The Morgan fingerprint density at radius 1 is 1.05 bits per heavy atom. The van der Waals surface area contributed by atoms with Crippen molar-refractivity contribution in [1.82, 2.24) is 0 Å². The van der Waals surface area contributed by atoms with E-state index in [9.17, 15) is 18.3 Å². The molecule has 1 nitrogen and oxygen atoms in total. The van der Waals surface area contributed by atoms with Crippen LogP contribution in [0, 0.1) is 17.5 Å². The average Bonchev–Trinajstić information content (AvgIpc) is 2.35. The van der Waals surface area contributed by atoms with Gasteiger partial charge < -0.3 is 5.11 Å². The number of rotatable bonds is 3. The van der Waals surface area contributed by atoms with E-state index >= 15 is 0 Å². The Morgan fingerprint density at radius 3 is 2.42 bits per heavy atom. The van der Waals surface area contributed by atoms with Crippen LogP contribution in [0.1, 0.15) is 18.1 Å². The Morgan fingerprint density at radius 2 is 1.74 bits per heavy atom. The van der Waals surface area contributed by atoms with Crippen LogP contribution in [-0.2, 0) is 12.0 Å². The van der Waals surface area contributed by atoms with Crippen LogP contribution in [-0.4, -0.2) is 5.11 Å². The van der Waals surface area contributed by atoms with Crippen molar-refractivity contribution in [1.29, 1.82) is 0 Å². The van der Waals surface area contributed by atoms with Gasteiger partial charge in [0.05, 0.1) is 5.60 Å². The van der Waals surface area contributed by atoms with Crippen LogP contribution in [0.5, 0.6) is 0 Å². The molecule has 0 aliphatic carbocycles. The molecule has 0 bridgehead atoms. The molecule has 4 heteroatoms. The molecule has 0 amide bonds. The lowest BCUT2D eigenvalue weighted by molar-refractivity contribution is 0.0562. The number of hydrogen-bond acceptors (Lipinski definition) is 1. The molecule has 0 aliphatic heterocycles. The monoisotopic (exact) mass is 266 g/mol. The Hall–Kier alpha value is -1.81. The van der Waals surface area contributed by atoms with Crippen molar-refractivity contribution in [2.24, 2.45) is 0 Å². The van der Waals surface area contributed by atoms with E-state index in [0.29, 0.717) is 5.56 Å². The van der Waals surface area contributed by atoms with E-state index in [-0.39, 0.29) is 12.0 Å². The maximum Gasteiger partial charge on any atom is 0.162 e. The number of hydrogen-bond donors (Lipinski definition) is 1. The van der Waals surface area contributed by atoms with Crippen molar-refractivity contribution in [3.05, 3.63) is 71.0 Å². The van der Waals surface area contributed by atoms with E-state index in [1.54, 1.807) is 6.07 Å². The molecule has 0 aliphatic rings. The van der Waals surface area contributed by atoms with E-state index < -0.39 is 23.1 Å². The first-order valence-corrected chi connectivity index (χ1v) is 5.81. The van der Waals surface area contributed by atoms with Crippen LogP contribution in [0.2, 0.25) is 0 Å². The van der Waals surface area contributed by atoms with Gasteiger partial charge in [-0.1, -0.05) is 24.3 Å². The van der Waals surface area contributed by atoms with Gasteiger partial charge in [-0.2, -0.15) is 0 Å². The molecule has 1 N–H and O–H groups in total. The van der Waals surface area contributed by atoms with E-state index in [0.717, 1.165) is 6.07 Å². The van der Waals surface area contributed by atoms with Crippen molar-refractivity contribution in [2.45, 2.75) is 18.9 Å². The average molecular weight is 266 g/mol. The molecule has 1 atom stereocenters. The van der Waals surface area contributed by atoms with Crippen LogP contribution >= 0.6 is 0 Å². The lowest BCUT2D eigenvalue weighted by Gasteiger charge is -2.24. The fourth-order valence-electron chi connectivity index (χ4n) is 1.98. The third-order valence-corrected chi connectivity index (χ3v) is 3.01. The summed E-state index contributed by atoms with van der Waals surface area (Å²) in [4.78, 5) is 0. The van der Waals surface area contributed by atoms with Crippen molar-refractivity contribution >= 4 is 0 Å². The minimum Gasteiger partial charge on any atom is -0.385 e. The van der Waals surface area contributed by atoms with Gasteiger partial charge in [0.2, 0.25) is 0 Å². The summed E-state index contributed by atoms with van der Waals surface area (Å²) in [6.45, 7) is 1.44. The van der Waals surface area contributed by atoms with Crippen LogP contribution < -0.4 is 0 Å². The fourth-order valence-corrected chi connectivity index (χ4v) is 1.98. The molecule has 0 fully saturated rings. The smallest absolute Gasteiger partial charge is 0.162 e. The highest BCUT2D eigenvalue weighted by molar-refractivity contribution is 5.27. The molecular formula is C15H13F3O. The second-order valence-corrected chi connectivity index (χ2v) is 4.67. The summed E-state index contributed by atoms with van der Waals surface area (Å²) in [5.41, 5.74) is -1.11. The van der Waals surface area contributed by atoms with Gasteiger partial charge in [0.15, 0.2) is 11.6 Å². The predicted octanol–water partition coefficient (Wildman–Crippen LogP) is 3.55. The number of benzene rings is 2. The van der Waals surface area contributed by atoms with E-state index in [4.69, 9.17) is 0 Å². The molecule has 0 saturated carbocycles. The molecule has 0 heterocycles. The van der Waals surface area contributed by atoms with Gasteiger partial charge in [0, 0.05) is 6.42 Å². The third-order valence-electron chi connectivity index (χ3n) is 3.01. The van der Waals surface area contributed by atoms with E-state index in [1.165, 1.54) is 37.3 Å². The molecule has 0 saturated heterocycles. The highest BCUT2D eigenvalue weighted by Gasteiger charge is 2.26. The summed E-state index contributed by atoms with van der Waals surface area (Å²) in [5, 5.41) is 10.3. The lowest BCUT2D eigenvalue weighted by Crippen LogP contribution is -2.25. The maximum absolute atomic E-state index is 13.6. The quantitative estimate of drug-likeness (QED) is 0.900. The summed E-state index contributed by atoms with van der Waals surface area (Å²) in [6, 6.07) is 9.21. The van der Waals surface area contributed by atoms with Crippen molar-refractivity contribution < 1.29 is 18.3 Å². The standard InChI is InChI=1S/C15H13F3O/c1-15(19,11-5-3-6-12(16)8-11)9-10-4-2-7-13(17)14(10)18/h2-8,19H,9H2,1H3. The summed E-state index contributed by atoms with van der Waals surface area (Å²) in [5.74, 6) is -2.44. The maximum atomic E-state index is 13.6. The Kier molecular flexibility index (Phi) is 3.62. The van der Waals surface area contributed by atoms with E-state index in [1.807, 2.05) is 0 Å².